The van der Waals surface area contributed by atoms with E-state index in [2.05, 4.69) is 10.6 Å². The second-order valence-corrected chi connectivity index (χ2v) is 19.6. The van der Waals surface area contributed by atoms with Crippen molar-refractivity contribution in [3.8, 4) is 0 Å². The molecular formula is C45H62Cl2F4N6O8. The van der Waals surface area contributed by atoms with Crippen LogP contribution in [-0.2, 0) is 40.0 Å². The van der Waals surface area contributed by atoms with Gasteiger partial charge in [0.1, 0.15) is 30.3 Å². The van der Waals surface area contributed by atoms with Crippen molar-refractivity contribution in [2.75, 3.05) is 33.7 Å². The SMILES string of the molecule is CCC(C(=O)[C@@H](NC(=O)[C@@H]1C[C@@H](F)CN1C(=O)[C@@](C)(O)C(F)(F)F)C1CC1)[C@H]1CCCCN(C)C(=O)[C@H]2CCCN2C(=O)[C@H](Cc2cc(Cl)ccc2Cl)N(C)C(=O)[C@H](CC(C)C)NC1=O. The molecule has 5 rings (SSSR count). The van der Waals surface area contributed by atoms with Gasteiger partial charge in [-0.2, -0.15) is 13.2 Å². The van der Waals surface area contributed by atoms with Gasteiger partial charge in [0.15, 0.2) is 5.78 Å². The van der Waals surface area contributed by atoms with Crippen LogP contribution in [0.4, 0.5) is 17.6 Å². The summed E-state index contributed by atoms with van der Waals surface area (Å²) in [6.45, 7) is 5.31. The Labute approximate surface area is 387 Å². The summed E-state index contributed by atoms with van der Waals surface area (Å²) in [7, 11) is 3.08. The van der Waals surface area contributed by atoms with E-state index in [-0.39, 0.29) is 51.0 Å². The minimum Gasteiger partial charge on any atom is -0.373 e. The molecule has 3 saturated heterocycles. The number of carbonyl (C=O) groups excluding carboxylic acids is 7. The molecule has 4 aliphatic rings. The zero-order chi connectivity index (χ0) is 48.3. The molecule has 0 aromatic heterocycles. The number of hydrogen-bond acceptors (Lipinski definition) is 8. The van der Waals surface area contributed by atoms with Crippen LogP contribution in [0.5, 0.6) is 0 Å². The quantitative estimate of drug-likeness (QED) is 0.249. The maximum absolute atomic E-state index is 14.8. The lowest BCUT2D eigenvalue weighted by atomic mass is 9.79. The summed E-state index contributed by atoms with van der Waals surface area (Å²) in [5, 5.41) is 16.3. The third-order valence-electron chi connectivity index (χ3n) is 13.4. The van der Waals surface area contributed by atoms with Gasteiger partial charge in [-0.3, -0.25) is 33.6 Å². The first kappa shape index (κ1) is 51.9. The molecule has 20 heteroatoms. The van der Waals surface area contributed by atoms with E-state index in [1.807, 2.05) is 13.8 Å². The molecule has 0 spiro atoms. The number of hydrogen-bond donors (Lipinski definition) is 3. The average Bonchev–Trinajstić information content (AvgIpc) is 3.82. The molecule has 0 radical (unpaired) electrons. The molecule has 3 aliphatic heterocycles. The standard InChI is InChI=1S/C45H62Cl2F4N6O8/c1-7-29(37(58)36(25-13-14-25)53-39(60)34-22-28(48)23-57(34)43(64)44(4,65)45(49,50)51)30-11-8-9-17-54(5)41(62)33-12-10-18-56(33)42(63)35(21-26-20-27(46)15-16-31(26)47)55(6)40(61)32(19-24(2)3)52-38(30)59/h15-16,20,24-25,28-30,32-36,65H,7-14,17-19,21-23H2,1-6H3,(H,52,59)(H,53,60)/t28-,29?,30-,32+,33-,34+,35+,36+,44-/m1/s1. The van der Waals surface area contributed by atoms with Crippen LogP contribution in [0.3, 0.4) is 0 Å². The van der Waals surface area contributed by atoms with E-state index in [1.165, 1.54) is 21.7 Å². The second-order valence-electron chi connectivity index (χ2n) is 18.8. The number of nitrogens with zero attached hydrogens (tertiary/aromatic N) is 4. The molecule has 1 aromatic rings. The maximum Gasteiger partial charge on any atom is 0.426 e. The highest BCUT2D eigenvalue weighted by molar-refractivity contribution is 6.33. The highest BCUT2D eigenvalue weighted by atomic mass is 35.5. The number of fused-ring (bicyclic) bond motifs is 1. The number of likely N-dealkylation sites (tertiary alicyclic amines) is 1. The lowest BCUT2D eigenvalue weighted by Crippen LogP contribution is -2.60. The first-order chi connectivity index (χ1) is 30.4. The summed E-state index contributed by atoms with van der Waals surface area (Å²) in [4.78, 5) is 104. The molecule has 1 aromatic carbocycles. The molecule has 3 N–H and O–H groups in total. The molecule has 4 fully saturated rings. The van der Waals surface area contributed by atoms with Gasteiger partial charge in [0.25, 0.3) is 5.91 Å². The molecule has 14 nitrogen and oxygen atoms in total. The van der Waals surface area contributed by atoms with Gasteiger partial charge in [0.2, 0.25) is 35.1 Å². The number of likely N-dealkylation sites (N-methyl/N-ethyl adjacent to an activating group) is 2. The Bertz CT molecular complexity index is 1970. The van der Waals surface area contributed by atoms with Crippen molar-refractivity contribution in [3.05, 3.63) is 33.8 Å². The van der Waals surface area contributed by atoms with E-state index in [0.29, 0.717) is 65.6 Å². The van der Waals surface area contributed by atoms with Gasteiger partial charge in [0.05, 0.1) is 12.6 Å². The molecule has 3 heterocycles. The fourth-order valence-corrected chi connectivity index (χ4v) is 9.80. The molecule has 0 bridgehead atoms. The van der Waals surface area contributed by atoms with Gasteiger partial charge in [0, 0.05) is 61.9 Å². The van der Waals surface area contributed by atoms with Crippen molar-refractivity contribution in [3.63, 3.8) is 0 Å². The molecule has 362 valence electrons. The Hall–Kier alpha value is -4.03. The van der Waals surface area contributed by atoms with Crippen molar-refractivity contribution < 1.29 is 56.2 Å². The summed E-state index contributed by atoms with van der Waals surface area (Å²) in [6.07, 6.45) is -4.92. The Kier molecular flexibility index (Phi) is 17.0. The summed E-state index contributed by atoms with van der Waals surface area (Å²) in [6, 6.07) is -1.35. The van der Waals surface area contributed by atoms with Crippen molar-refractivity contribution >= 4 is 64.4 Å². The zero-order valence-corrected chi connectivity index (χ0v) is 39.3. The molecule has 1 aliphatic carbocycles. The fraction of sp³-hybridized carbons (Fsp3) is 0.711. The van der Waals surface area contributed by atoms with Gasteiger partial charge in [-0.05, 0) is 93.9 Å². The van der Waals surface area contributed by atoms with Crippen LogP contribution >= 0.6 is 23.2 Å². The van der Waals surface area contributed by atoms with Crippen LogP contribution in [0.15, 0.2) is 18.2 Å². The van der Waals surface area contributed by atoms with Crippen LogP contribution in [0.2, 0.25) is 10.0 Å². The first-order valence-corrected chi connectivity index (χ1v) is 23.3. The summed E-state index contributed by atoms with van der Waals surface area (Å²) in [5.41, 5.74) is -3.42. The Morgan fingerprint density at radius 3 is 2.25 bits per heavy atom. The average molecular weight is 962 g/mol. The lowest BCUT2D eigenvalue weighted by molar-refractivity contribution is -0.250. The number of amides is 6. The minimum absolute atomic E-state index is 0.0558. The van der Waals surface area contributed by atoms with Crippen LogP contribution in [-0.4, -0.2) is 148 Å². The Morgan fingerprint density at radius 2 is 1.63 bits per heavy atom. The predicted octanol–water partition coefficient (Wildman–Crippen LogP) is 4.89. The topological polar surface area (TPSA) is 177 Å². The van der Waals surface area contributed by atoms with Gasteiger partial charge in [-0.1, -0.05) is 50.4 Å². The number of carbonyl (C=O) groups is 7. The third-order valence-corrected chi connectivity index (χ3v) is 14.0. The van der Waals surface area contributed by atoms with Crippen LogP contribution in [0.25, 0.3) is 0 Å². The summed E-state index contributed by atoms with van der Waals surface area (Å²) >= 11 is 12.9. The van der Waals surface area contributed by atoms with E-state index < -0.39 is 114 Å². The predicted molar refractivity (Wildman–Crippen MR) is 233 cm³/mol. The van der Waals surface area contributed by atoms with E-state index in [0.717, 1.165) is 0 Å². The maximum atomic E-state index is 14.8. The number of aliphatic hydroxyl groups is 1. The molecular weight excluding hydrogens is 899 g/mol. The largest absolute Gasteiger partial charge is 0.426 e. The van der Waals surface area contributed by atoms with Crippen LogP contribution < -0.4 is 10.6 Å². The summed E-state index contributed by atoms with van der Waals surface area (Å²) < 4.78 is 55.7. The van der Waals surface area contributed by atoms with Crippen molar-refractivity contribution in [1.82, 2.24) is 30.2 Å². The van der Waals surface area contributed by atoms with Gasteiger partial charge in [-0.15, -0.1) is 0 Å². The molecule has 1 unspecified atom stereocenters. The Morgan fingerprint density at radius 1 is 0.954 bits per heavy atom. The zero-order valence-electron chi connectivity index (χ0n) is 37.8. The van der Waals surface area contributed by atoms with E-state index in [9.17, 15) is 56.2 Å². The first-order valence-electron chi connectivity index (χ1n) is 22.5. The van der Waals surface area contributed by atoms with E-state index >= 15 is 0 Å². The highest BCUT2D eigenvalue weighted by Crippen LogP contribution is 2.38. The highest BCUT2D eigenvalue weighted by Gasteiger charge is 2.60. The second kappa shape index (κ2) is 21.3. The minimum atomic E-state index is -5.42. The Balaban J connectivity index is 1.47. The number of Topliss-reactive ketones (excluding diaryl/α,β-unsaturated/α-hetero) is 1. The number of ketones is 1. The molecule has 65 heavy (non-hydrogen) atoms. The van der Waals surface area contributed by atoms with Gasteiger partial charge in [-0.25, -0.2) is 4.39 Å². The van der Waals surface area contributed by atoms with Gasteiger partial charge < -0.3 is 35.3 Å². The normalized spacial score (nSPS) is 27.4. The van der Waals surface area contributed by atoms with Crippen molar-refractivity contribution in [1.29, 1.82) is 0 Å². The molecule has 1 saturated carbocycles. The van der Waals surface area contributed by atoms with Crippen molar-refractivity contribution in [2.45, 2.75) is 146 Å². The number of alkyl halides is 4. The van der Waals surface area contributed by atoms with Crippen molar-refractivity contribution in [2.24, 2.45) is 23.7 Å². The third kappa shape index (κ3) is 11.9. The number of benzene rings is 1. The van der Waals surface area contributed by atoms with E-state index in [1.54, 1.807) is 32.2 Å². The number of rotatable bonds is 12. The smallest absolute Gasteiger partial charge is 0.373 e. The van der Waals surface area contributed by atoms with Crippen LogP contribution in [0, 0.1) is 23.7 Å². The molecule has 6 amide bonds. The molecule has 9 atom stereocenters. The number of halogens is 6. The summed E-state index contributed by atoms with van der Waals surface area (Å²) in [5.74, 6) is -8.17. The van der Waals surface area contributed by atoms with E-state index in [4.69, 9.17) is 23.2 Å². The fourth-order valence-electron chi connectivity index (χ4n) is 9.41. The van der Waals surface area contributed by atoms with Crippen LogP contribution in [0.1, 0.15) is 97.5 Å². The van der Waals surface area contributed by atoms with Gasteiger partial charge >= 0.3 is 6.18 Å². The monoisotopic (exact) mass is 960 g/mol. The number of nitrogens with one attached hydrogen (secondary N) is 2. The lowest BCUT2D eigenvalue weighted by Gasteiger charge is -2.37.